The zero-order valence-corrected chi connectivity index (χ0v) is 13.5. The highest BCUT2D eigenvalue weighted by atomic mass is 16.5. The lowest BCUT2D eigenvalue weighted by Crippen LogP contribution is -2.09. The number of nitrogens with zero attached hydrogens (tertiary/aromatic N) is 2. The molecule has 0 bridgehead atoms. The van der Waals surface area contributed by atoms with E-state index in [1.54, 1.807) is 14.2 Å². The van der Waals surface area contributed by atoms with Crippen LogP contribution in [-0.2, 0) is 5.41 Å². The summed E-state index contributed by atoms with van der Waals surface area (Å²) < 4.78 is 10.9. The van der Waals surface area contributed by atoms with Crippen LogP contribution in [0.1, 0.15) is 23.7 Å². The number of aromatic amines is 1. The third-order valence-electron chi connectivity index (χ3n) is 4.78. The monoisotopic (exact) mass is 319 g/mol. The van der Waals surface area contributed by atoms with E-state index in [0.29, 0.717) is 17.9 Å². The second-order valence-electron chi connectivity index (χ2n) is 6.03. The molecule has 0 unspecified atom stereocenters. The second kappa shape index (κ2) is 5.27. The van der Waals surface area contributed by atoms with E-state index < -0.39 is 5.41 Å². The minimum absolute atomic E-state index is 0.0353. The predicted octanol–water partition coefficient (Wildman–Crippen LogP) is 3.53. The minimum atomic E-state index is -0.640. The van der Waals surface area contributed by atoms with Crippen LogP contribution in [0.3, 0.4) is 0 Å². The van der Waals surface area contributed by atoms with Crippen molar-refractivity contribution < 1.29 is 9.47 Å². The van der Waals surface area contributed by atoms with Crippen LogP contribution in [0.4, 0.5) is 0 Å². The van der Waals surface area contributed by atoms with Crippen LogP contribution in [0.15, 0.2) is 42.5 Å². The van der Waals surface area contributed by atoms with E-state index in [-0.39, 0.29) is 5.92 Å². The first kappa shape index (κ1) is 14.6. The molecule has 1 aliphatic rings. The Hall–Kier alpha value is -3.00. The molecule has 1 aromatic heterocycles. The van der Waals surface area contributed by atoms with Crippen LogP contribution in [-0.4, -0.2) is 24.2 Å². The summed E-state index contributed by atoms with van der Waals surface area (Å²) in [5.41, 5.74) is 2.17. The van der Waals surface area contributed by atoms with Gasteiger partial charge in [-0.3, -0.25) is 0 Å². The molecular formula is C19H17N3O2. The molecular weight excluding hydrogens is 302 g/mol. The van der Waals surface area contributed by atoms with Crippen molar-refractivity contribution in [2.24, 2.45) is 0 Å². The first-order valence-corrected chi connectivity index (χ1v) is 7.81. The van der Waals surface area contributed by atoms with Gasteiger partial charge in [0.2, 0.25) is 0 Å². The van der Waals surface area contributed by atoms with Crippen molar-refractivity contribution in [2.75, 3.05) is 14.2 Å². The molecule has 120 valence electrons. The summed E-state index contributed by atoms with van der Waals surface area (Å²) in [4.78, 5) is 7.95. The maximum Gasteiger partial charge on any atom is 0.164 e. The van der Waals surface area contributed by atoms with Gasteiger partial charge in [-0.2, -0.15) is 5.26 Å². The SMILES string of the molecule is COc1cccc([C@@H]2C[C@@]2(C#N)c2nc3ccccc3[nH]2)c1OC. The maximum atomic E-state index is 9.87. The summed E-state index contributed by atoms with van der Waals surface area (Å²) in [7, 11) is 3.24. The Labute approximate surface area is 139 Å². The molecule has 2 aromatic carbocycles. The van der Waals surface area contributed by atoms with Gasteiger partial charge in [-0.1, -0.05) is 24.3 Å². The van der Waals surface area contributed by atoms with E-state index in [2.05, 4.69) is 16.0 Å². The van der Waals surface area contributed by atoms with E-state index in [1.807, 2.05) is 42.5 Å². The summed E-state index contributed by atoms with van der Waals surface area (Å²) >= 11 is 0. The predicted molar refractivity (Wildman–Crippen MR) is 90.3 cm³/mol. The Morgan fingerprint density at radius 2 is 2.00 bits per heavy atom. The number of methoxy groups -OCH3 is 2. The average Bonchev–Trinajstić information content (AvgIpc) is 3.22. The third-order valence-corrected chi connectivity index (χ3v) is 4.78. The minimum Gasteiger partial charge on any atom is -0.493 e. The van der Waals surface area contributed by atoms with Gasteiger partial charge in [-0.15, -0.1) is 0 Å². The molecule has 1 aliphatic carbocycles. The molecule has 1 N–H and O–H groups in total. The number of nitriles is 1. The van der Waals surface area contributed by atoms with Crippen molar-refractivity contribution in [3.63, 3.8) is 0 Å². The maximum absolute atomic E-state index is 9.87. The number of fused-ring (bicyclic) bond motifs is 1. The fourth-order valence-electron chi connectivity index (χ4n) is 3.43. The highest BCUT2D eigenvalue weighted by molar-refractivity contribution is 5.75. The highest BCUT2D eigenvalue weighted by Crippen LogP contribution is 2.61. The lowest BCUT2D eigenvalue weighted by Gasteiger charge is -2.13. The van der Waals surface area contributed by atoms with Crippen LogP contribution in [0.2, 0.25) is 0 Å². The van der Waals surface area contributed by atoms with E-state index >= 15 is 0 Å². The van der Waals surface area contributed by atoms with Gasteiger partial charge in [0, 0.05) is 11.5 Å². The van der Waals surface area contributed by atoms with E-state index in [0.717, 1.165) is 22.4 Å². The number of para-hydroxylation sites is 3. The van der Waals surface area contributed by atoms with Gasteiger partial charge in [0.05, 0.1) is 31.3 Å². The second-order valence-corrected chi connectivity index (χ2v) is 6.03. The molecule has 1 fully saturated rings. The molecule has 0 radical (unpaired) electrons. The van der Waals surface area contributed by atoms with Gasteiger partial charge in [-0.05, 0) is 24.6 Å². The number of H-pyrrole nitrogens is 1. The van der Waals surface area contributed by atoms with Gasteiger partial charge >= 0.3 is 0 Å². The van der Waals surface area contributed by atoms with Gasteiger partial charge in [0.15, 0.2) is 11.5 Å². The number of nitrogens with one attached hydrogen (secondary N) is 1. The number of rotatable bonds is 4. The van der Waals surface area contributed by atoms with Gasteiger partial charge in [0.1, 0.15) is 11.2 Å². The molecule has 0 amide bonds. The lowest BCUT2D eigenvalue weighted by molar-refractivity contribution is 0.351. The van der Waals surface area contributed by atoms with Crippen LogP contribution >= 0.6 is 0 Å². The van der Waals surface area contributed by atoms with E-state index in [4.69, 9.17) is 9.47 Å². The van der Waals surface area contributed by atoms with Crippen molar-refractivity contribution in [2.45, 2.75) is 17.8 Å². The Kier molecular flexibility index (Phi) is 3.20. The Morgan fingerprint density at radius 1 is 1.17 bits per heavy atom. The largest absolute Gasteiger partial charge is 0.493 e. The molecule has 5 nitrogen and oxygen atoms in total. The molecule has 0 aliphatic heterocycles. The van der Waals surface area contributed by atoms with Crippen LogP contribution in [0.5, 0.6) is 11.5 Å². The number of benzene rings is 2. The number of hydrogen-bond donors (Lipinski definition) is 1. The standard InChI is InChI=1S/C19H17N3O2/c1-23-16-9-5-6-12(17(16)24-2)13-10-19(13,11-20)18-21-14-7-3-4-8-15(14)22-18/h3-9,13H,10H2,1-2H3,(H,21,22)/t13-,19-/m0/s1. The summed E-state index contributed by atoms with van der Waals surface area (Å²) in [5, 5.41) is 9.87. The fraction of sp³-hybridized carbons (Fsp3) is 0.263. The summed E-state index contributed by atoms with van der Waals surface area (Å²) in [6.07, 6.45) is 0.715. The quantitative estimate of drug-likeness (QED) is 0.798. The van der Waals surface area contributed by atoms with Crippen LogP contribution in [0, 0.1) is 11.3 Å². The number of ether oxygens (including phenoxy) is 2. The Balaban J connectivity index is 1.79. The third kappa shape index (κ3) is 1.96. The van der Waals surface area contributed by atoms with Crippen molar-refractivity contribution in [3.8, 4) is 17.6 Å². The first-order chi connectivity index (χ1) is 11.7. The van der Waals surface area contributed by atoms with Crippen molar-refractivity contribution >= 4 is 11.0 Å². The number of hydrogen-bond acceptors (Lipinski definition) is 4. The normalized spacial score (nSPS) is 22.1. The summed E-state index contributed by atoms with van der Waals surface area (Å²) in [6.45, 7) is 0. The summed E-state index contributed by atoms with van der Waals surface area (Å²) in [6, 6.07) is 16.1. The lowest BCUT2D eigenvalue weighted by atomic mass is 9.98. The van der Waals surface area contributed by atoms with Crippen LogP contribution < -0.4 is 9.47 Å². The number of aromatic nitrogens is 2. The molecule has 4 rings (SSSR count). The molecule has 5 heteroatoms. The van der Waals surface area contributed by atoms with Gasteiger partial charge < -0.3 is 14.5 Å². The topological polar surface area (TPSA) is 70.9 Å². The molecule has 1 heterocycles. The van der Waals surface area contributed by atoms with Gasteiger partial charge in [-0.25, -0.2) is 4.98 Å². The number of imidazole rings is 1. The molecule has 3 aromatic rings. The first-order valence-electron chi connectivity index (χ1n) is 7.81. The van der Waals surface area contributed by atoms with Gasteiger partial charge in [0.25, 0.3) is 0 Å². The van der Waals surface area contributed by atoms with Crippen molar-refractivity contribution in [1.29, 1.82) is 5.26 Å². The highest BCUT2D eigenvalue weighted by Gasteiger charge is 2.60. The van der Waals surface area contributed by atoms with Crippen molar-refractivity contribution in [3.05, 3.63) is 53.9 Å². The Bertz CT molecular complexity index is 924. The Morgan fingerprint density at radius 3 is 2.71 bits per heavy atom. The molecule has 1 saturated carbocycles. The summed E-state index contributed by atoms with van der Waals surface area (Å²) in [5.74, 6) is 2.13. The molecule has 2 atom stereocenters. The van der Waals surface area contributed by atoms with Crippen LogP contribution in [0.25, 0.3) is 11.0 Å². The zero-order valence-electron chi connectivity index (χ0n) is 13.5. The van der Waals surface area contributed by atoms with Crippen molar-refractivity contribution in [1.82, 2.24) is 9.97 Å². The molecule has 24 heavy (non-hydrogen) atoms. The zero-order chi connectivity index (χ0) is 16.7. The smallest absolute Gasteiger partial charge is 0.164 e. The fourth-order valence-corrected chi connectivity index (χ4v) is 3.43. The molecule has 0 spiro atoms. The van der Waals surface area contributed by atoms with E-state index in [1.165, 1.54) is 0 Å². The average molecular weight is 319 g/mol. The molecule has 0 saturated heterocycles. The van der Waals surface area contributed by atoms with E-state index in [9.17, 15) is 5.26 Å².